The van der Waals surface area contributed by atoms with Crippen molar-refractivity contribution in [2.45, 2.75) is 13.3 Å². The molecule has 0 unspecified atom stereocenters. The molecule has 0 fully saturated rings. The van der Waals surface area contributed by atoms with Crippen molar-refractivity contribution in [3.05, 3.63) is 75.8 Å². The van der Waals surface area contributed by atoms with E-state index in [0.29, 0.717) is 21.5 Å². The number of hydrogen-bond acceptors (Lipinski definition) is 5. The molecule has 27 heavy (non-hydrogen) atoms. The Balaban J connectivity index is 1.50. The van der Waals surface area contributed by atoms with E-state index in [2.05, 4.69) is 10.3 Å². The summed E-state index contributed by atoms with van der Waals surface area (Å²) in [6, 6.07) is 14.3. The summed E-state index contributed by atoms with van der Waals surface area (Å²) in [5, 5.41) is 3.95. The van der Waals surface area contributed by atoms with E-state index in [4.69, 9.17) is 16.3 Å². The summed E-state index contributed by atoms with van der Waals surface area (Å²) in [5.41, 5.74) is 1.72. The van der Waals surface area contributed by atoms with Gasteiger partial charge in [-0.3, -0.25) is 14.9 Å². The van der Waals surface area contributed by atoms with E-state index >= 15 is 0 Å². The highest BCUT2D eigenvalue weighted by atomic mass is 35.5. The molecule has 0 atom stereocenters. The summed E-state index contributed by atoms with van der Waals surface area (Å²) in [6.45, 7) is 1.37. The highest BCUT2D eigenvalue weighted by molar-refractivity contribution is 7.15. The zero-order valence-corrected chi connectivity index (χ0v) is 16.1. The molecule has 7 heteroatoms. The quantitative estimate of drug-likeness (QED) is 0.588. The minimum Gasteiger partial charge on any atom is -0.484 e. The minimum absolute atomic E-state index is 0.0162. The summed E-state index contributed by atoms with van der Waals surface area (Å²) >= 11 is 7.31. The van der Waals surface area contributed by atoms with Gasteiger partial charge in [-0.15, -0.1) is 11.3 Å². The van der Waals surface area contributed by atoms with Crippen LogP contribution in [0.15, 0.2) is 54.7 Å². The lowest BCUT2D eigenvalue weighted by Gasteiger charge is -2.06. The highest BCUT2D eigenvalue weighted by Gasteiger charge is 2.09. The second kappa shape index (κ2) is 8.79. The number of hydrogen-bond donors (Lipinski definition) is 1. The third-order valence-electron chi connectivity index (χ3n) is 3.72. The number of thiazole rings is 1. The monoisotopic (exact) mass is 400 g/mol. The van der Waals surface area contributed by atoms with Gasteiger partial charge in [-0.25, -0.2) is 4.98 Å². The third-order valence-corrected chi connectivity index (χ3v) is 4.89. The number of benzene rings is 2. The lowest BCUT2D eigenvalue weighted by Crippen LogP contribution is -2.20. The van der Waals surface area contributed by atoms with Crippen LogP contribution in [0.4, 0.5) is 5.13 Å². The molecule has 2 aromatic carbocycles. The van der Waals surface area contributed by atoms with Crippen molar-refractivity contribution >= 4 is 39.8 Å². The smallest absolute Gasteiger partial charge is 0.264 e. The first-order valence-electron chi connectivity index (χ1n) is 8.22. The van der Waals surface area contributed by atoms with Crippen LogP contribution in [-0.2, 0) is 11.2 Å². The molecule has 1 aromatic heterocycles. The number of ketones is 1. The Labute approximate surface area is 166 Å². The topological polar surface area (TPSA) is 68.3 Å². The number of anilines is 1. The van der Waals surface area contributed by atoms with E-state index in [9.17, 15) is 9.59 Å². The van der Waals surface area contributed by atoms with Crippen molar-refractivity contribution in [3.63, 3.8) is 0 Å². The molecular formula is C20H17ClN2O3S. The summed E-state index contributed by atoms with van der Waals surface area (Å²) < 4.78 is 5.43. The molecule has 0 saturated carbocycles. The Morgan fingerprint density at radius 3 is 2.48 bits per heavy atom. The molecule has 0 aliphatic rings. The van der Waals surface area contributed by atoms with Gasteiger partial charge in [0.05, 0.1) is 0 Å². The van der Waals surface area contributed by atoms with Crippen LogP contribution in [-0.4, -0.2) is 23.3 Å². The lowest BCUT2D eigenvalue weighted by atomic mass is 10.1. The number of aromatic nitrogens is 1. The first-order valence-corrected chi connectivity index (χ1v) is 9.42. The van der Waals surface area contributed by atoms with E-state index < -0.39 is 0 Å². The van der Waals surface area contributed by atoms with Crippen LogP contribution >= 0.6 is 22.9 Å². The van der Waals surface area contributed by atoms with Gasteiger partial charge in [0, 0.05) is 28.1 Å². The number of Topliss-reactive ketones (excluding diaryl/α,β-unsaturated/α-hetero) is 1. The largest absolute Gasteiger partial charge is 0.484 e. The first kappa shape index (κ1) is 19.1. The Hall–Kier alpha value is -2.70. The minimum atomic E-state index is -0.293. The molecule has 1 N–H and O–H groups in total. The molecule has 1 amide bonds. The second-order valence-corrected chi connectivity index (χ2v) is 7.40. The van der Waals surface area contributed by atoms with Gasteiger partial charge in [-0.05, 0) is 48.9 Å². The molecule has 0 aliphatic carbocycles. The lowest BCUT2D eigenvalue weighted by molar-refractivity contribution is -0.118. The number of nitrogens with zero attached hydrogens (tertiary/aromatic N) is 1. The van der Waals surface area contributed by atoms with Crippen LogP contribution in [0.5, 0.6) is 5.75 Å². The van der Waals surface area contributed by atoms with Crippen molar-refractivity contribution in [3.8, 4) is 5.75 Å². The van der Waals surface area contributed by atoms with E-state index in [-0.39, 0.29) is 18.3 Å². The predicted molar refractivity (Wildman–Crippen MR) is 107 cm³/mol. The van der Waals surface area contributed by atoms with Crippen molar-refractivity contribution < 1.29 is 14.3 Å². The number of carbonyl (C=O) groups excluding carboxylic acids is 2. The maximum absolute atomic E-state index is 12.0. The van der Waals surface area contributed by atoms with Gasteiger partial charge in [0.15, 0.2) is 17.5 Å². The van der Waals surface area contributed by atoms with Crippen molar-refractivity contribution in [1.29, 1.82) is 0 Å². The molecular weight excluding hydrogens is 384 g/mol. The molecule has 0 spiro atoms. The van der Waals surface area contributed by atoms with Crippen LogP contribution in [0.1, 0.15) is 27.7 Å². The molecule has 0 saturated heterocycles. The van der Waals surface area contributed by atoms with E-state index in [0.717, 1.165) is 16.9 Å². The molecule has 0 radical (unpaired) electrons. The zero-order chi connectivity index (χ0) is 19.2. The Bertz CT molecular complexity index is 937. The number of carbonyl (C=O) groups is 2. The van der Waals surface area contributed by atoms with Crippen LogP contribution in [0.2, 0.25) is 5.02 Å². The third kappa shape index (κ3) is 5.64. The molecule has 138 valence electrons. The van der Waals surface area contributed by atoms with Gasteiger partial charge < -0.3 is 4.74 Å². The Morgan fingerprint density at radius 1 is 1.11 bits per heavy atom. The fourth-order valence-corrected chi connectivity index (χ4v) is 3.33. The van der Waals surface area contributed by atoms with Gasteiger partial charge in [-0.1, -0.05) is 23.7 Å². The summed E-state index contributed by atoms with van der Waals surface area (Å²) in [5.74, 6) is 0.216. The SMILES string of the molecule is CC(=O)c1ccc(OCC(=O)Nc2ncc(Cc3ccc(Cl)cc3)s2)cc1. The standard InChI is InChI=1S/C20H17ClN2O3S/c1-13(24)15-4-8-17(9-5-15)26-12-19(25)23-20-22-11-18(27-20)10-14-2-6-16(21)7-3-14/h2-9,11H,10,12H2,1H3,(H,22,23,25). The van der Waals surface area contributed by atoms with Gasteiger partial charge in [0.2, 0.25) is 0 Å². The van der Waals surface area contributed by atoms with E-state index in [1.54, 1.807) is 30.5 Å². The van der Waals surface area contributed by atoms with Gasteiger partial charge >= 0.3 is 0 Å². The van der Waals surface area contributed by atoms with Gasteiger partial charge in [0.1, 0.15) is 5.75 Å². The molecule has 3 rings (SSSR count). The van der Waals surface area contributed by atoms with Crippen LogP contribution in [0, 0.1) is 0 Å². The highest BCUT2D eigenvalue weighted by Crippen LogP contribution is 2.22. The number of nitrogens with one attached hydrogen (secondary N) is 1. The summed E-state index contributed by atoms with van der Waals surface area (Å²) in [4.78, 5) is 28.5. The average Bonchev–Trinajstić information content (AvgIpc) is 3.09. The van der Waals surface area contributed by atoms with Crippen LogP contribution < -0.4 is 10.1 Å². The molecule has 3 aromatic rings. The fraction of sp³-hybridized carbons (Fsp3) is 0.150. The normalized spacial score (nSPS) is 10.4. The number of halogens is 1. The summed E-state index contributed by atoms with van der Waals surface area (Å²) in [7, 11) is 0. The van der Waals surface area contributed by atoms with E-state index in [1.807, 2.05) is 24.3 Å². The Morgan fingerprint density at radius 2 is 1.81 bits per heavy atom. The number of rotatable bonds is 7. The number of amides is 1. The van der Waals surface area contributed by atoms with Gasteiger partial charge in [0.25, 0.3) is 5.91 Å². The predicted octanol–water partition coefficient (Wildman–Crippen LogP) is 4.61. The molecule has 0 bridgehead atoms. The molecule has 1 heterocycles. The van der Waals surface area contributed by atoms with Crippen molar-refractivity contribution in [2.24, 2.45) is 0 Å². The molecule has 5 nitrogen and oxygen atoms in total. The maximum atomic E-state index is 12.0. The van der Waals surface area contributed by atoms with Crippen LogP contribution in [0.25, 0.3) is 0 Å². The van der Waals surface area contributed by atoms with Crippen molar-refractivity contribution in [2.75, 3.05) is 11.9 Å². The van der Waals surface area contributed by atoms with Crippen LogP contribution in [0.3, 0.4) is 0 Å². The first-order chi connectivity index (χ1) is 13.0. The zero-order valence-electron chi connectivity index (χ0n) is 14.6. The van der Waals surface area contributed by atoms with E-state index in [1.165, 1.54) is 18.3 Å². The number of ether oxygens (including phenoxy) is 1. The Kier molecular flexibility index (Phi) is 6.21. The molecule has 0 aliphatic heterocycles. The average molecular weight is 401 g/mol. The fourth-order valence-electron chi connectivity index (χ4n) is 2.34. The van der Waals surface area contributed by atoms with Gasteiger partial charge in [-0.2, -0.15) is 0 Å². The summed E-state index contributed by atoms with van der Waals surface area (Å²) in [6.07, 6.45) is 2.47. The van der Waals surface area contributed by atoms with Crippen molar-refractivity contribution in [1.82, 2.24) is 4.98 Å². The second-order valence-electron chi connectivity index (χ2n) is 5.85. The maximum Gasteiger partial charge on any atom is 0.264 e.